The number of nitrogens with zero attached hydrogens (tertiary/aromatic N) is 2. The van der Waals surface area contributed by atoms with Crippen molar-refractivity contribution < 1.29 is 0 Å². The smallest absolute Gasteiger partial charge is 0.136 e. The molecule has 0 aliphatic carbocycles. The van der Waals surface area contributed by atoms with Crippen molar-refractivity contribution in [2.45, 2.75) is 13.0 Å². The van der Waals surface area contributed by atoms with Gasteiger partial charge < -0.3 is 10.2 Å². The average molecular weight is 329 g/mol. The second-order valence-electron chi connectivity index (χ2n) is 6.63. The molecule has 1 aliphatic rings. The fourth-order valence-corrected chi connectivity index (χ4v) is 3.40. The molecule has 0 spiro atoms. The number of amidine groups is 1. The van der Waals surface area contributed by atoms with Crippen LogP contribution in [0.15, 0.2) is 77.8 Å². The monoisotopic (exact) mass is 329 g/mol. The van der Waals surface area contributed by atoms with E-state index in [0.29, 0.717) is 6.04 Å². The third-order valence-corrected chi connectivity index (χ3v) is 4.67. The molecular weight excluding hydrogens is 306 g/mol. The minimum absolute atomic E-state index is 0.472. The zero-order chi connectivity index (χ0) is 17.1. The summed E-state index contributed by atoms with van der Waals surface area (Å²) >= 11 is 0. The number of fused-ring (bicyclic) bond motifs is 1. The number of benzene rings is 3. The number of aliphatic imine (C=N–C) groups is 1. The number of rotatable bonds is 2. The van der Waals surface area contributed by atoms with Gasteiger partial charge in [0.05, 0.1) is 5.69 Å². The first kappa shape index (κ1) is 15.9. The molecule has 0 amide bonds. The van der Waals surface area contributed by atoms with Gasteiger partial charge in [0.2, 0.25) is 0 Å². The summed E-state index contributed by atoms with van der Waals surface area (Å²) in [6, 6.07) is 25.8. The van der Waals surface area contributed by atoms with Crippen molar-refractivity contribution in [1.29, 1.82) is 0 Å². The molecule has 0 radical (unpaired) electrons. The van der Waals surface area contributed by atoms with Gasteiger partial charge in [-0.2, -0.15) is 0 Å². The minimum Gasteiger partial charge on any atom is -0.353 e. The number of hydrogen-bond acceptors (Lipinski definition) is 2. The topological polar surface area (TPSA) is 27.6 Å². The molecule has 1 unspecified atom stereocenters. The molecule has 126 valence electrons. The van der Waals surface area contributed by atoms with Crippen LogP contribution in [0.5, 0.6) is 0 Å². The molecule has 0 bridgehead atoms. The molecule has 1 atom stereocenters. The summed E-state index contributed by atoms with van der Waals surface area (Å²) in [5, 5.41) is 5.98. The normalized spacial score (nSPS) is 18.5. The van der Waals surface area contributed by atoms with Gasteiger partial charge in [0, 0.05) is 31.2 Å². The Labute approximate surface area is 149 Å². The largest absolute Gasteiger partial charge is 0.353 e. The summed E-state index contributed by atoms with van der Waals surface area (Å²) in [5.41, 5.74) is 2.17. The molecule has 1 aliphatic heterocycles. The molecule has 1 saturated heterocycles. The quantitative estimate of drug-likeness (QED) is 0.563. The molecule has 1 heterocycles. The van der Waals surface area contributed by atoms with E-state index in [-0.39, 0.29) is 0 Å². The highest BCUT2D eigenvalue weighted by molar-refractivity contribution is 6.01. The maximum absolute atomic E-state index is 5.05. The van der Waals surface area contributed by atoms with Crippen LogP contribution in [0.4, 0.5) is 5.69 Å². The molecule has 1 fully saturated rings. The first-order valence-corrected chi connectivity index (χ1v) is 8.91. The second-order valence-corrected chi connectivity index (χ2v) is 6.63. The Morgan fingerprint density at radius 1 is 0.960 bits per heavy atom. The lowest BCUT2D eigenvalue weighted by molar-refractivity contribution is 0.304. The van der Waals surface area contributed by atoms with E-state index in [1.165, 1.54) is 16.3 Å². The molecule has 3 aromatic rings. The van der Waals surface area contributed by atoms with Gasteiger partial charge in [0.25, 0.3) is 0 Å². The van der Waals surface area contributed by atoms with E-state index in [0.717, 1.165) is 31.2 Å². The highest BCUT2D eigenvalue weighted by atomic mass is 15.2. The van der Waals surface area contributed by atoms with Gasteiger partial charge in [-0.05, 0) is 29.8 Å². The van der Waals surface area contributed by atoms with Gasteiger partial charge >= 0.3 is 0 Å². The molecule has 0 aromatic heterocycles. The predicted octanol–water partition coefficient (Wildman–Crippen LogP) is 4.21. The van der Waals surface area contributed by atoms with Crippen molar-refractivity contribution in [3.8, 4) is 0 Å². The lowest BCUT2D eigenvalue weighted by Gasteiger charge is -2.34. The van der Waals surface area contributed by atoms with Crippen LogP contribution < -0.4 is 5.32 Å². The third kappa shape index (κ3) is 3.57. The van der Waals surface area contributed by atoms with Crippen molar-refractivity contribution in [2.75, 3.05) is 19.6 Å². The number of hydrogen-bond donors (Lipinski definition) is 1. The van der Waals surface area contributed by atoms with Crippen LogP contribution >= 0.6 is 0 Å². The average Bonchev–Trinajstić information content (AvgIpc) is 2.66. The van der Waals surface area contributed by atoms with Crippen LogP contribution in [0.2, 0.25) is 0 Å². The van der Waals surface area contributed by atoms with Crippen molar-refractivity contribution in [2.24, 2.45) is 4.99 Å². The van der Waals surface area contributed by atoms with E-state index in [4.69, 9.17) is 4.99 Å². The standard InChI is InChI=1S/C22H23N3/c1-17-16-25(14-13-23-17)22(19-8-3-2-4-9-19)24-21-12-11-18-7-5-6-10-20(18)15-21/h2-12,15,17,23H,13-14,16H2,1H3. The SMILES string of the molecule is CC1CN(C(=Nc2ccc3ccccc3c2)c2ccccc2)CCN1. The van der Waals surface area contributed by atoms with Crippen LogP contribution in [0.3, 0.4) is 0 Å². The maximum atomic E-state index is 5.05. The van der Waals surface area contributed by atoms with Crippen LogP contribution in [0, 0.1) is 0 Å². The number of nitrogens with one attached hydrogen (secondary N) is 1. The van der Waals surface area contributed by atoms with Gasteiger partial charge in [-0.1, -0.05) is 60.7 Å². The van der Waals surface area contributed by atoms with Crippen LogP contribution in [0.25, 0.3) is 10.8 Å². The van der Waals surface area contributed by atoms with Crippen molar-refractivity contribution in [1.82, 2.24) is 10.2 Å². The van der Waals surface area contributed by atoms with Gasteiger partial charge in [0.1, 0.15) is 5.84 Å². The molecule has 0 saturated carbocycles. The van der Waals surface area contributed by atoms with Crippen LogP contribution in [-0.4, -0.2) is 36.4 Å². The molecule has 1 N–H and O–H groups in total. The summed E-state index contributed by atoms with van der Waals surface area (Å²) in [7, 11) is 0. The molecule has 4 rings (SSSR count). The fourth-order valence-electron chi connectivity index (χ4n) is 3.40. The molecule has 3 aromatic carbocycles. The Balaban J connectivity index is 1.76. The Morgan fingerprint density at radius 2 is 1.72 bits per heavy atom. The summed E-state index contributed by atoms with van der Waals surface area (Å²) in [6.07, 6.45) is 0. The second kappa shape index (κ2) is 7.08. The van der Waals surface area contributed by atoms with Gasteiger partial charge in [0.15, 0.2) is 0 Å². The maximum Gasteiger partial charge on any atom is 0.136 e. The fraction of sp³-hybridized carbons (Fsp3) is 0.227. The van der Waals surface area contributed by atoms with Crippen molar-refractivity contribution in [3.63, 3.8) is 0 Å². The van der Waals surface area contributed by atoms with Gasteiger partial charge in [-0.3, -0.25) is 0 Å². The zero-order valence-corrected chi connectivity index (χ0v) is 14.5. The molecule has 25 heavy (non-hydrogen) atoms. The van der Waals surface area contributed by atoms with Crippen molar-refractivity contribution >= 4 is 22.3 Å². The lowest BCUT2D eigenvalue weighted by Crippen LogP contribution is -2.51. The molecular formula is C22H23N3. The van der Waals surface area contributed by atoms with E-state index in [1.807, 2.05) is 0 Å². The van der Waals surface area contributed by atoms with E-state index in [1.54, 1.807) is 0 Å². The van der Waals surface area contributed by atoms with E-state index in [9.17, 15) is 0 Å². The third-order valence-electron chi connectivity index (χ3n) is 4.67. The zero-order valence-electron chi connectivity index (χ0n) is 14.5. The van der Waals surface area contributed by atoms with Gasteiger partial charge in [-0.15, -0.1) is 0 Å². The first-order valence-electron chi connectivity index (χ1n) is 8.91. The molecule has 3 nitrogen and oxygen atoms in total. The highest BCUT2D eigenvalue weighted by Gasteiger charge is 2.20. The van der Waals surface area contributed by atoms with E-state index < -0.39 is 0 Å². The van der Waals surface area contributed by atoms with E-state index >= 15 is 0 Å². The summed E-state index contributed by atoms with van der Waals surface area (Å²) in [5.74, 6) is 1.06. The minimum atomic E-state index is 0.472. The van der Waals surface area contributed by atoms with Crippen LogP contribution in [-0.2, 0) is 0 Å². The van der Waals surface area contributed by atoms with Crippen LogP contribution in [0.1, 0.15) is 12.5 Å². The van der Waals surface area contributed by atoms with E-state index in [2.05, 4.69) is 89.9 Å². The summed E-state index contributed by atoms with van der Waals surface area (Å²) in [4.78, 5) is 7.45. The molecule has 3 heteroatoms. The predicted molar refractivity (Wildman–Crippen MR) is 106 cm³/mol. The summed E-state index contributed by atoms with van der Waals surface area (Å²) in [6.45, 7) is 5.17. The Hall–Kier alpha value is -2.65. The first-order chi connectivity index (χ1) is 12.3. The lowest BCUT2D eigenvalue weighted by atomic mass is 10.1. The Kier molecular flexibility index (Phi) is 4.49. The number of piperazine rings is 1. The summed E-state index contributed by atoms with van der Waals surface area (Å²) < 4.78 is 0. The van der Waals surface area contributed by atoms with Crippen molar-refractivity contribution in [3.05, 3.63) is 78.4 Å². The Bertz CT molecular complexity index is 886. The van der Waals surface area contributed by atoms with Gasteiger partial charge in [-0.25, -0.2) is 4.99 Å². The highest BCUT2D eigenvalue weighted by Crippen LogP contribution is 2.23. The Morgan fingerprint density at radius 3 is 2.52 bits per heavy atom.